The van der Waals surface area contributed by atoms with Crippen LogP contribution >= 0.6 is 22.6 Å². The number of nitrogens with zero attached hydrogens (tertiary/aromatic N) is 2. The van der Waals surface area contributed by atoms with Crippen molar-refractivity contribution in [2.75, 3.05) is 0 Å². The average Bonchev–Trinajstić information content (AvgIpc) is 2.58. The molecule has 15 heavy (non-hydrogen) atoms. The summed E-state index contributed by atoms with van der Waals surface area (Å²) in [6.45, 7) is 0. The Morgan fingerprint density at radius 1 is 1.60 bits per heavy atom. The Morgan fingerprint density at radius 3 is 3.00 bits per heavy atom. The van der Waals surface area contributed by atoms with E-state index in [1.54, 1.807) is 12.1 Å². The van der Waals surface area contributed by atoms with E-state index >= 15 is 0 Å². The van der Waals surface area contributed by atoms with E-state index in [-0.39, 0.29) is 0 Å². The van der Waals surface area contributed by atoms with Crippen LogP contribution in [0.15, 0.2) is 24.4 Å². The summed E-state index contributed by atoms with van der Waals surface area (Å²) in [5, 5.41) is 13.1. The summed E-state index contributed by atoms with van der Waals surface area (Å²) in [6.07, 6.45) is -0.750. The zero-order chi connectivity index (χ0) is 11.0. The van der Waals surface area contributed by atoms with Gasteiger partial charge in [-0.15, -0.1) is 0 Å². The van der Waals surface area contributed by atoms with Crippen LogP contribution in [-0.2, 0) is 4.79 Å². The first kappa shape index (κ1) is 10.3. The minimum absolute atomic E-state index is 0.589. The van der Waals surface area contributed by atoms with Gasteiger partial charge in [-0.1, -0.05) is 6.07 Å². The fourth-order valence-electron chi connectivity index (χ4n) is 1.24. The second kappa shape index (κ2) is 3.76. The standard InChI is InChI=1S/C9H6FIN2O2/c10-8(9(14)15)13-4-5-1-2-6(11)3-7(5)12-13/h1-4,8H,(H,14,15). The van der Waals surface area contributed by atoms with E-state index < -0.39 is 12.3 Å². The van der Waals surface area contributed by atoms with Crippen molar-refractivity contribution in [1.29, 1.82) is 0 Å². The number of halogens is 2. The van der Waals surface area contributed by atoms with Crippen LogP contribution in [0.1, 0.15) is 6.30 Å². The first-order valence-corrected chi connectivity index (χ1v) is 5.17. The lowest BCUT2D eigenvalue weighted by molar-refractivity contribution is -0.146. The van der Waals surface area contributed by atoms with Gasteiger partial charge in [-0.2, -0.15) is 5.10 Å². The number of aliphatic carboxylic acids is 1. The van der Waals surface area contributed by atoms with Crippen LogP contribution in [0.4, 0.5) is 4.39 Å². The Bertz CT molecular complexity index is 526. The maximum atomic E-state index is 13.1. The summed E-state index contributed by atoms with van der Waals surface area (Å²) < 4.78 is 14.9. The van der Waals surface area contributed by atoms with E-state index in [2.05, 4.69) is 27.7 Å². The topological polar surface area (TPSA) is 55.1 Å². The van der Waals surface area contributed by atoms with Gasteiger partial charge in [-0.05, 0) is 34.7 Å². The zero-order valence-electron chi connectivity index (χ0n) is 7.39. The van der Waals surface area contributed by atoms with Crippen molar-refractivity contribution in [2.45, 2.75) is 6.30 Å². The highest BCUT2D eigenvalue weighted by molar-refractivity contribution is 14.1. The van der Waals surface area contributed by atoms with Crippen LogP contribution in [0.25, 0.3) is 10.9 Å². The van der Waals surface area contributed by atoms with Gasteiger partial charge in [-0.3, -0.25) is 0 Å². The second-order valence-electron chi connectivity index (χ2n) is 2.99. The molecule has 1 atom stereocenters. The highest BCUT2D eigenvalue weighted by atomic mass is 127. The number of rotatable bonds is 2. The molecule has 2 aromatic rings. The highest BCUT2D eigenvalue weighted by Crippen LogP contribution is 2.18. The summed E-state index contributed by atoms with van der Waals surface area (Å²) in [7, 11) is 0. The molecular formula is C9H6FIN2O2. The van der Waals surface area contributed by atoms with Crippen molar-refractivity contribution in [3.8, 4) is 0 Å². The van der Waals surface area contributed by atoms with Gasteiger partial charge in [0.15, 0.2) is 0 Å². The number of carbonyl (C=O) groups is 1. The van der Waals surface area contributed by atoms with E-state index in [4.69, 9.17) is 5.11 Å². The third-order valence-corrected chi connectivity index (χ3v) is 2.59. The molecule has 0 aliphatic carbocycles. The zero-order valence-corrected chi connectivity index (χ0v) is 9.55. The van der Waals surface area contributed by atoms with Gasteiger partial charge in [-0.25, -0.2) is 13.9 Å². The normalized spacial score (nSPS) is 12.9. The maximum Gasteiger partial charge on any atom is 0.361 e. The van der Waals surface area contributed by atoms with Crippen LogP contribution in [-0.4, -0.2) is 20.9 Å². The van der Waals surface area contributed by atoms with Crippen LogP contribution in [0.5, 0.6) is 0 Å². The summed E-state index contributed by atoms with van der Waals surface area (Å²) in [5.41, 5.74) is 0.589. The van der Waals surface area contributed by atoms with Crippen molar-refractivity contribution in [1.82, 2.24) is 9.78 Å². The molecule has 0 saturated carbocycles. The lowest BCUT2D eigenvalue weighted by atomic mass is 10.3. The van der Waals surface area contributed by atoms with E-state index in [9.17, 15) is 9.18 Å². The molecule has 1 N–H and O–H groups in total. The molecule has 0 radical (unpaired) electrons. The van der Waals surface area contributed by atoms with Crippen molar-refractivity contribution >= 4 is 39.5 Å². The SMILES string of the molecule is O=C(O)C(F)n1cc2ccc(I)cc2n1. The quantitative estimate of drug-likeness (QED) is 0.863. The predicted molar refractivity (Wildman–Crippen MR) is 60.2 cm³/mol. The number of alkyl halides is 1. The third-order valence-electron chi connectivity index (χ3n) is 1.92. The molecule has 0 aliphatic rings. The van der Waals surface area contributed by atoms with Gasteiger partial charge in [0.25, 0.3) is 6.30 Å². The molecule has 0 bridgehead atoms. The van der Waals surface area contributed by atoms with Crippen molar-refractivity contribution in [3.63, 3.8) is 0 Å². The van der Waals surface area contributed by atoms with Gasteiger partial charge in [0.2, 0.25) is 0 Å². The van der Waals surface area contributed by atoms with Crippen LogP contribution in [0, 0.1) is 3.57 Å². The summed E-state index contributed by atoms with van der Waals surface area (Å²) in [5.74, 6) is -1.54. The molecule has 0 amide bonds. The van der Waals surface area contributed by atoms with E-state index in [0.29, 0.717) is 5.52 Å². The van der Waals surface area contributed by atoms with Crippen molar-refractivity contribution in [3.05, 3.63) is 28.0 Å². The maximum absolute atomic E-state index is 13.1. The monoisotopic (exact) mass is 320 g/mol. The average molecular weight is 320 g/mol. The smallest absolute Gasteiger partial charge is 0.361 e. The van der Waals surface area contributed by atoms with Crippen LogP contribution in [0.3, 0.4) is 0 Å². The fraction of sp³-hybridized carbons (Fsp3) is 0.111. The van der Waals surface area contributed by atoms with Crippen molar-refractivity contribution < 1.29 is 14.3 Å². The summed E-state index contributed by atoms with van der Waals surface area (Å²) >= 11 is 2.11. The number of aromatic nitrogens is 2. The number of carboxylic acid groups (broad SMARTS) is 1. The van der Waals surface area contributed by atoms with Gasteiger partial charge in [0.05, 0.1) is 5.52 Å². The van der Waals surface area contributed by atoms with Gasteiger partial charge >= 0.3 is 5.97 Å². The van der Waals surface area contributed by atoms with Crippen LogP contribution in [0.2, 0.25) is 0 Å². The molecule has 0 aliphatic heterocycles. The van der Waals surface area contributed by atoms with Gasteiger partial charge < -0.3 is 5.11 Å². The number of hydrogen-bond donors (Lipinski definition) is 1. The molecule has 0 saturated heterocycles. The minimum atomic E-state index is -2.13. The molecule has 1 aromatic heterocycles. The highest BCUT2D eigenvalue weighted by Gasteiger charge is 2.18. The molecular weight excluding hydrogens is 314 g/mol. The molecule has 1 heterocycles. The Kier molecular flexibility index (Phi) is 2.59. The lowest BCUT2D eigenvalue weighted by Crippen LogP contribution is -2.14. The Morgan fingerprint density at radius 2 is 2.33 bits per heavy atom. The molecule has 0 spiro atoms. The molecule has 0 fully saturated rings. The van der Waals surface area contributed by atoms with Crippen molar-refractivity contribution in [2.24, 2.45) is 0 Å². The second-order valence-corrected chi connectivity index (χ2v) is 4.23. The first-order valence-electron chi connectivity index (χ1n) is 4.09. The van der Waals surface area contributed by atoms with Gasteiger partial charge in [0, 0.05) is 15.2 Å². The Hall–Kier alpha value is -1.18. The third kappa shape index (κ3) is 1.94. The molecule has 1 unspecified atom stereocenters. The molecule has 78 valence electrons. The van der Waals surface area contributed by atoms with E-state index in [0.717, 1.165) is 13.6 Å². The largest absolute Gasteiger partial charge is 0.478 e. The summed E-state index contributed by atoms with van der Waals surface area (Å²) in [6, 6.07) is 5.39. The van der Waals surface area contributed by atoms with E-state index in [1.807, 2.05) is 6.07 Å². The molecule has 2 rings (SSSR count). The van der Waals surface area contributed by atoms with Crippen LogP contribution < -0.4 is 0 Å². The van der Waals surface area contributed by atoms with E-state index in [1.165, 1.54) is 6.20 Å². The Balaban J connectivity index is 2.51. The van der Waals surface area contributed by atoms with Gasteiger partial charge in [0.1, 0.15) is 0 Å². The fourth-order valence-corrected chi connectivity index (χ4v) is 1.71. The number of benzene rings is 1. The molecule has 4 nitrogen and oxygen atoms in total. The number of carboxylic acids is 1. The Labute approximate surface area is 97.8 Å². The lowest BCUT2D eigenvalue weighted by Gasteiger charge is -2.00. The predicted octanol–water partition coefficient (Wildman–Crippen LogP) is 2.19. The number of hydrogen-bond acceptors (Lipinski definition) is 2. The number of fused-ring (bicyclic) bond motifs is 1. The molecule has 1 aromatic carbocycles. The first-order chi connectivity index (χ1) is 7.08. The summed E-state index contributed by atoms with van der Waals surface area (Å²) in [4.78, 5) is 10.4. The minimum Gasteiger partial charge on any atom is -0.478 e. The molecule has 6 heteroatoms.